The van der Waals surface area contributed by atoms with Crippen molar-refractivity contribution < 1.29 is 0 Å². The van der Waals surface area contributed by atoms with E-state index in [2.05, 4.69) is 34.1 Å². The maximum atomic E-state index is 5.71. The van der Waals surface area contributed by atoms with Crippen molar-refractivity contribution in [2.24, 2.45) is 0 Å². The molecule has 0 aliphatic rings. The Balaban J connectivity index is 2.14. The van der Waals surface area contributed by atoms with Gasteiger partial charge in [0.15, 0.2) is 5.95 Å². The molecule has 0 aliphatic carbocycles. The smallest absolute Gasteiger partial charge is 0.200 e. The Bertz CT molecular complexity index is 456. The van der Waals surface area contributed by atoms with E-state index in [0.717, 1.165) is 6.54 Å². The number of imidazole rings is 1. The van der Waals surface area contributed by atoms with Gasteiger partial charge in [0.1, 0.15) is 0 Å². The number of nitrogens with zero attached hydrogens (tertiary/aromatic N) is 3. The molecule has 0 saturated carbocycles. The molecular weight excluding hydrogens is 200 g/mol. The fourth-order valence-electron chi connectivity index (χ4n) is 1.57. The normalized spacial score (nSPS) is 10.4. The van der Waals surface area contributed by atoms with E-state index in [1.165, 1.54) is 11.3 Å². The first-order valence-electron chi connectivity index (χ1n) is 5.19. The first-order valence-corrected chi connectivity index (χ1v) is 5.19. The average molecular weight is 216 g/mol. The molecule has 0 aliphatic heterocycles. The Kier molecular flexibility index (Phi) is 2.81. The van der Waals surface area contributed by atoms with Crippen molar-refractivity contribution in [3.05, 3.63) is 42.2 Å². The summed E-state index contributed by atoms with van der Waals surface area (Å²) in [6, 6.07) is 8.41. The van der Waals surface area contributed by atoms with Crippen molar-refractivity contribution in [2.75, 3.05) is 24.7 Å². The van der Waals surface area contributed by atoms with Gasteiger partial charge in [0, 0.05) is 32.2 Å². The highest BCUT2D eigenvalue weighted by Crippen LogP contribution is 2.13. The third-order valence-corrected chi connectivity index (χ3v) is 2.55. The molecule has 0 unspecified atom stereocenters. The summed E-state index contributed by atoms with van der Waals surface area (Å²) in [7, 11) is 4.06. The third kappa shape index (κ3) is 2.16. The molecule has 1 aromatic carbocycles. The van der Waals surface area contributed by atoms with Crippen LogP contribution in [0.3, 0.4) is 0 Å². The molecule has 4 nitrogen and oxygen atoms in total. The van der Waals surface area contributed by atoms with Crippen LogP contribution in [0.4, 0.5) is 11.6 Å². The molecule has 1 heterocycles. The van der Waals surface area contributed by atoms with Crippen LogP contribution in [-0.4, -0.2) is 23.6 Å². The Morgan fingerprint density at radius 3 is 2.44 bits per heavy atom. The van der Waals surface area contributed by atoms with Crippen LogP contribution in [-0.2, 0) is 6.54 Å². The standard InChI is InChI=1S/C12H16N4/c1-15(2)11-5-3-10(4-6-11)9-16-8-7-14-12(16)13/h3-8H,9H2,1-2H3,(H2,13,14). The van der Waals surface area contributed by atoms with Gasteiger partial charge >= 0.3 is 0 Å². The maximum Gasteiger partial charge on any atom is 0.200 e. The Morgan fingerprint density at radius 1 is 1.25 bits per heavy atom. The van der Waals surface area contributed by atoms with E-state index in [9.17, 15) is 0 Å². The van der Waals surface area contributed by atoms with Gasteiger partial charge in [-0.3, -0.25) is 0 Å². The summed E-state index contributed by atoms with van der Waals surface area (Å²) >= 11 is 0. The molecule has 4 heteroatoms. The van der Waals surface area contributed by atoms with Crippen LogP contribution in [0.25, 0.3) is 0 Å². The average Bonchev–Trinajstić information content (AvgIpc) is 2.65. The summed E-state index contributed by atoms with van der Waals surface area (Å²) in [5.74, 6) is 0.552. The van der Waals surface area contributed by atoms with Crippen LogP contribution in [0.2, 0.25) is 0 Å². The number of rotatable bonds is 3. The first kappa shape index (κ1) is 10.5. The Labute approximate surface area is 95.3 Å². The fraction of sp³-hybridized carbons (Fsp3) is 0.250. The zero-order chi connectivity index (χ0) is 11.5. The zero-order valence-corrected chi connectivity index (χ0v) is 9.59. The van der Waals surface area contributed by atoms with Crippen LogP contribution < -0.4 is 10.6 Å². The monoisotopic (exact) mass is 216 g/mol. The molecule has 0 atom stereocenters. The van der Waals surface area contributed by atoms with Gasteiger partial charge in [-0.25, -0.2) is 4.98 Å². The number of aromatic nitrogens is 2. The van der Waals surface area contributed by atoms with Crippen molar-refractivity contribution in [3.8, 4) is 0 Å². The third-order valence-electron chi connectivity index (χ3n) is 2.55. The SMILES string of the molecule is CN(C)c1ccc(Cn2ccnc2N)cc1. The predicted molar refractivity (Wildman–Crippen MR) is 66.5 cm³/mol. The van der Waals surface area contributed by atoms with E-state index < -0.39 is 0 Å². The van der Waals surface area contributed by atoms with Gasteiger partial charge in [-0.05, 0) is 17.7 Å². The summed E-state index contributed by atoms with van der Waals surface area (Å²) in [5, 5.41) is 0. The summed E-state index contributed by atoms with van der Waals surface area (Å²) in [6.07, 6.45) is 3.60. The molecule has 16 heavy (non-hydrogen) atoms. The van der Waals surface area contributed by atoms with E-state index >= 15 is 0 Å². The molecule has 0 spiro atoms. The van der Waals surface area contributed by atoms with Crippen molar-refractivity contribution in [1.82, 2.24) is 9.55 Å². The lowest BCUT2D eigenvalue weighted by Gasteiger charge is -2.13. The number of anilines is 2. The molecule has 0 fully saturated rings. The number of nitrogens with two attached hydrogens (primary N) is 1. The molecule has 2 rings (SSSR count). The number of hydrogen-bond donors (Lipinski definition) is 1. The van der Waals surface area contributed by atoms with Gasteiger partial charge in [0.25, 0.3) is 0 Å². The summed E-state index contributed by atoms with van der Waals surface area (Å²) in [4.78, 5) is 6.07. The summed E-state index contributed by atoms with van der Waals surface area (Å²) in [5.41, 5.74) is 8.12. The molecule has 0 radical (unpaired) electrons. The Hall–Kier alpha value is -1.97. The number of benzene rings is 1. The van der Waals surface area contributed by atoms with Crippen LogP contribution in [0.15, 0.2) is 36.7 Å². The van der Waals surface area contributed by atoms with E-state index in [4.69, 9.17) is 5.73 Å². The van der Waals surface area contributed by atoms with E-state index in [1.54, 1.807) is 6.20 Å². The number of hydrogen-bond acceptors (Lipinski definition) is 3. The van der Waals surface area contributed by atoms with Gasteiger partial charge in [0.2, 0.25) is 0 Å². The topological polar surface area (TPSA) is 47.1 Å². The van der Waals surface area contributed by atoms with Crippen LogP contribution in [0, 0.1) is 0 Å². The summed E-state index contributed by atoms with van der Waals surface area (Å²) in [6.45, 7) is 0.763. The van der Waals surface area contributed by atoms with Crippen molar-refractivity contribution >= 4 is 11.6 Å². The molecule has 1 aromatic heterocycles. The van der Waals surface area contributed by atoms with Crippen LogP contribution in [0.5, 0.6) is 0 Å². The Morgan fingerprint density at radius 2 is 1.94 bits per heavy atom. The van der Waals surface area contributed by atoms with Gasteiger partial charge in [-0.15, -0.1) is 0 Å². The lowest BCUT2D eigenvalue weighted by atomic mass is 10.2. The lowest BCUT2D eigenvalue weighted by Crippen LogP contribution is -2.08. The minimum atomic E-state index is 0.552. The van der Waals surface area contributed by atoms with Gasteiger partial charge in [0.05, 0.1) is 6.54 Å². The van der Waals surface area contributed by atoms with Gasteiger partial charge < -0.3 is 15.2 Å². The minimum absolute atomic E-state index is 0.552. The molecule has 2 N–H and O–H groups in total. The van der Waals surface area contributed by atoms with Crippen molar-refractivity contribution in [1.29, 1.82) is 0 Å². The van der Waals surface area contributed by atoms with E-state index in [0.29, 0.717) is 5.95 Å². The quantitative estimate of drug-likeness (QED) is 0.847. The van der Waals surface area contributed by atoms with E-state index in [-0.39, 0.29) is 0 Å². The van der Waals surface area contributed by atoms with E-state index in [1.807, 2.05) is 24.9 Å². The van der Waals surface area contributed by atoms with Gasteiger partial charge in [-0.1, -0.05) is 12.1 Å². The molecule has 84 valence electrons. The fourth-order valence-corrected chi connectivity index (χ4v) is 1.57. The minimum Gasteiger partial charge on any atom is -0.378 e. The summed E-state index contributed by atoms with van der Waals surface area (Å²) < 4.78 is 1.92. The second-order valence-electron chi connectivity index (χ2n) is 3.97. The second kappa shape index (κ2) is 4.26. The highest BCUT2D eigenvalue weighted by molar-refractivity contribution is 5.46. The second-order valence-corrected chi connectivity index (χ2v) is 3.97. The van der Waals surface area contributed by atoms with Gasteiger partial charge in [-0.2, -0.15) is 0 Å². The largest absolute Gasteiger partial charge is 0.378 e. The highest BCUT2D eigenvalue weighted by Gasteiger charge is 2.00. The first-order chi connectivity index (χ1) is 7.66. The van der Waals surface area contributed by atoms with Crippen LogP contribution >= 0.6 is 0 Å². The highest BCUT2D eigenvalue weighted by atomic mass is 15.1. The van der Waals surface area contributed by atoms with Crippen molar-refractivity contribution in [3.63, 3.8) is 0 Å². The molecular formula is C12H16N4. The number of nitrogen functional groups attached to an aromatic ring is 1. The maximum absolute atomic E-state index is 5.71. The van der Waals surface area contributed by atoms with Crippen molar-refractivity contribution in [2.45, 2.75) is 6.54 Å². The predicted octanol–water partition coefficient (Wildman–Crippen LogP) is 1.58. The lowest BCUT2D eigenvalue weighted by molar-refractivity contribution is 0.811. The molecule has 0 bridgehead atoms. The molecule has 0 saturated heterocycles. The zero-order valence-electron chi connectivity index (χ0n) is 9.59. The molecule has 0 amide bonds. The molecule has 2 aromatic rings. The van der Waals surface area contributed by atoms with Crippen LogP contribution in [0.1, 0.15) is 5.56 Å².